The number of aryl methyl sites for hydroxylation is 1. The van der Waals surface area contributed by atoms with Crippen LogP contribution in [0.1, 0.15) is 30.0 Å². The van der Waals surface area contributed by atoms with Crippen LogP contribution in [0, 0.1) is 6.92 Å². The molecular weight excluding hydrogens is 424 g/mol. The molecule has 1 atom stereocenters. The van der Waals surface area contributed by atoms with Gasteiger partial charge in [-0.1, -0.05) is 24.3 Å². The Morgan fingerprint density at radius 1 is 1.19 bits per heavy atom. The van der Waals surface area contributed by atoms with E-state index in [4.69, 9.17) is 0 Å². The number of hydrogen-bond donors (Lipinski definition) is 2. The van der Waals surface area contributed by atoms with Gasteiger partial charge in [-0.25, -0.2) is 12.7 Å². The number of hydrogen-bond acceptors (Lipinski definition) is 4. The summed E-state index contributed by atoms with van der Waals surface area (Å²) in [4.78, 5) is 18.6. The molecule has 1 saturated heterocycles. The van der Waals surface area contributed by atoms with Crippen molar-refractivity contribution in [2.45, 2.75) is 30.6 Å². The van der Waals surface area contributed by atoms with Crippen LogP contribution in [0.25, 0.3) is 10.9 Å². The van der Waals surface area contributed by atoms with Gasteiger partial charge in [-0.2, -0.15) is 0 Å². The molecule has 8 heteroatoms. The zero-order chi connectivity index (χ0) is 22.9. The molecule has 0 spiro atoms. The smallest absolute Gasteiger partial charge is 0.242 e. The molecule has 1 fully saturated rings. The SMILES string of the molecule is Cc1ccc(NC(=O)CN2CCCC(c3cc4ccccc4[nH]3)C2)cc1S(=O)(=O)N(C)C. The van der Waals surface area contributed by atoms with E-state index in [-0.39, 0.29) is 17.3 Å². The Hall–Kier alpha value is -2.68. The van der Waals surface area contributed by atoms with Crippen LogP contribution in [-0.2, 0) is 14.8 Å². The summed E-state index contributed by atoms with van der Waals surface area (Å²) in [6.07, 6.45) is 2.12. The van der Waals surface area contributed by atoms with E-state index in [2.05, 4.69) is 33.4 Å². The molecule has 1 amide bonds. The first kappa shape index (κ1) is 22.5. The minimum absolute atomic E-state index is 0.139. The number of nitrogens with zero attached hydrogens (tertiary/aromatic N) is 2. The van der Waals surface area contributed by atoms with Gasteiger partial charge in [0.25, 0.3) is 0 Å². The van der Waals surface area contributed by atoms with Crippen molar-refractivity contribution < 1.29 is 13.2 Å². The van der Waals surface area contributed by atoms with Crippen molar-refractivity contribution in [3.8, 4) is 0 Å². The fourth-order valence-corrected chi connectivity index (χ4v) is 5.47. The second-order valence-corrected chi connectivity index (χ2v) is 10.8. The zero-order valence-corrected chi connectivity index (χ0v) is 19.6. The Kier molecular flexibility index (Phi) is 6.37. The van der Waals surface area contributed by atoms with Crippen molar-refractivity contribution in [1.82, 2.24) is 14.2 Å². The number of carbonyl (C=O) groups is 1. The molecule has 1 aliphatic rings. The first-order valence-corrected chi connectivity index (χ1v) is 12.3. The van der Waals surface area contributed by atoms with E-state index in [0.717, 1.165) is 31.4 Å². The number of sulfonamides is 1. The van der Waals surface area contributed by atoms with E-state index in [1.807, 2.05) is 12.1 Å². The van der Waals surface area contributed by atoms with Gasteiger partial charge in [-0.3, -0.25) is 9.69 Å². The normalized spacial score (nSPS) is 17.7. The number of amides is 1. The third-order valence-corrected chi connectivity index (χ3v) is 8.05. The van der Waals surface area contributed by atoms with Gasteiger partial charge < -0.3 is 10.3 Å². The highest BCUT2D eigenvalue weighted by atomic mass is 32.2. The number of likely N-dealkylation sites (tertiary alicyclic amines) is 1. The van der Waals surface area contributed by atoms with E-state index in [1.54, 1.807) is 19.1 Å². The van der Waals surface area contributed by atoms with Crippen molar-refractivity contribution in [3.05, 3.63) is 59.8 Å². The topological polar surface area (TPSA) is 85.5 Å². The number of rotatable bonds is 6. The number of para-hydroxylation sites is 1. The average molecular weight is 455 g/mol. The van der Waals surface area contributed by atoms with E-state index in [9.17, 15) is 13.2 Å². The van der Waals surface area contributed by atoms with Crippen molar-refractivity contribution in [1.29, 1.82) is 0 Å². The molecule has 2 heterocycles. The van der Waals surface area contributed by atoms with Gasteiger partial charge in [-0.05, 0) is 61.5 Å². The highest BCUT2D eigenvalue weighted by Gasteiger charge is 2.25. The highest BCUT2D eigenvalue weighted by molar-refractivity contribution is 7.89. The van der Waals surface area contributed by atoms with Gasteiger partial charge in [0.15, 0.2) is 0 Å². The lowest BCUT2D eigenvalue weighted by atomic mass is 9.95. The van der Waals surface area contributed by atoms with E-state index < -0.39 is 10.0 Å². The molecule has 1 aliphatic heterocycles. The first-order chi connectivity index (χ1) is 15.2. The number of anilines is 1. The van der Waals surface area contributed by atoms with Gasteiger partial charge in [0.2, 0.25) is 15.9 Å². The number of nitrogens with one attached hydrogen (secondary N) is 2. The van der Waals surface area contributed by atoms with Crippen molar-refractivity contribution in [3.63, 3.8) is 0 Å². The molecule has 7 nitrogen and oxygen atoms in total. The van der Waals surface area contributed by atoms with E-state index in [0.29, 0.717) is 17.2 Å². The molecule has 4 rings (SSSR count). The fraction of sp³-hybridized carbons (Fsp3) is 0.375. The number of benzene rings is 2. The predicted molar refractivity (Wildman–Crippen MR) is 127 cm³/mol. The van der Waals surface area contributed by atoms with Crippen LogP contribution in [0.2, 0.25) is 0 Å². The molecule has 32 heavy (non-hydrogen) atoms. The zero-order valence-electron chi connectivity index (χ0n) is 18.8. The van der Waals surface area contributed by atoms with E-state index in [1.165, 1.54) is 35.5 Å². The van der Waals surface area contributed by atoms with Crippen LogP contribution < -0.4 is 5.32 Å². The molecule has 2 aromatic carbocycles. The lowest BCUT2D eigenvalue weighted by Gasteiger charge is -2.31. The Labute approximate surface area is 189 Å². The average Bonchev–Trinajstić information content (AvgIpc) is 3.19. The number of aromatic amines is 1. The van der Waals surface area contributed by atoms with Crippen LogP contribution in [-0.4, -0.2) is 62.2 Å². The number of fused-ring (bicyclic) bond motifs is 1. The second kappa shape index (κ2) is 9.05. The van der Waals surface area contributed by atoms with Crippen LogP contribution in [0.4, 0.5) is 5.69 Å². The van der Waals surface area contributed by atoms with Crippen LogP contribution in [0.3, 0.4) is 0 Å². The summed E-state index contributed by atoms with van der Waals surface area (Å²) in [5.74, 6) is 0.222. The molecule has 0 radical (unpaired) electrons. The molecule has 1 aromatic heterocycles. The van der Waals surface area contributed by atoms with Crippen LogP contribution in [0.15, 0.2) is 53.4 Å². The third kappa shape index (κ3) is 4.72. The van der Waals surface area contributed by atoms with Gasteiger partial charge in [0, 0.05) is 43.5 Å². The molecule has 0 saturated carbocycles. The fourth-order valence-electron chi connectivity index (χ4n) is 4.32. The molecule has 170 valence electrons. The number of piperidine rings is 1. The summed E-state index contributed by atoms with van der Waals surface area (Å²) >= 11 is 0. The maximum absolute atomic E-state index is 12.7. The molecule has 2 N–H and O–H groups in total. The molecule has 0 bridgehead atoms. The summed E-state index contributed by atoms with van der Waals surface area (Å²) in [7, 11) is -0.574. The maximum atomic E-state index is 12.7. The highest BCUT2D eigenvalue weighted by Crippen LogP contribution is 2.29. The standard InChI is InChI=1S/C24H30N4O3S/c1-17-10-11-20(14-23(17)32(30,31)27(2)3)25-24(29)16-28-12-6-8-19(15-28)22-13-18-7-4-5-9-21(18)26-22/h4-5,7,9-11,13-14,19,26H,6,8,12,15-16H2,1-3H3,(H,25,29). The van der Waals surface area contributed by atoms with E-state index >= 15 is 0 Å². The van der Waals surface area contributed by atoms with Crippen molar-refractivity contribution in [2.75, 3.05) is 39.0 Å². The Bertz CT molecular complexity index is 1200. The molecule has 3 aromatic rings. The number of aromatic nitrogens is 1. The van der Waals surface area contributed by atoms with Crippen LogP contribution >= 0.6 is 0 Å². The molecule has 0 aliphatic carbocycles. The lowest BCUT2D eigenvalue weighted by molar-refractivity contribution is -0.117. The third-order valence-electron chi connectivity index (χ3n) is 6.09. The minimum Gasteiger partial charge on any atom is -0.358 e. The van der Waals surface area contributed by atoms with Crippen LogP contribution in [0.5, 0.6) is 0 Å². The Morgan fingerprint density at radius 2 is 1.97 bits per heavy atom. The molecule has 1 unspecified atom stereocenters. The first-order valence-electron chi connectivity index (χ1n) is 10.9. The summed E-state index contributed by atoms with van der Waals surface area (Å²) < 4.78 is 26.3. The van der Waals surface area contributed by atoms with Crippen molar-refractivity contribution >= 4 is 32.5 Å². The summed E-state index contributed by atoms with van der Waals surface area (Å²) in [5, 5.41) is 4.08. The Morgan fingerprint density at radius 3 is 2.72 bits per heavy atom. The summed E-state index contributed by atoms with van der Waals surface area (Å²) in [6.45, 7) is 3.72. The van der Waals surface area contributed by atoms with Gasteiger partial charge in [0.1, 0.15) is 0 Å². The number of carbonyl (C=O) groups excluding carboxylic acids is 1. The van der Waals surface area contributed by atoms with Gasteiger partial charge in [0.05, 0.1) is 11.4 Å². The summed E-state index contributed by atoms with van der Waals surface area (Å²) in [6, 6.07) is 15.5. The Balaban J connectivity index is 1.42. The van der Waals surface area contributed by atoms with Crippen molar-refractivity contribution in [2.24, 2.45) is 0 Å². The largest absolute Gasteiger partial charge is 0.358 e. The molecular formula is C24H30N4O3S. The predicted octanol–water partition coefficient (Wildman–Crippen LogP) is 3.54. The minimum atomic E-state index is -3.57. The second-order valence-electron chi connectivity index (χ2n) is 8.70. The quantitative estimate of drug-likeness (QED) is 0.597. The maximum Gasteiger partial charge on any atom is 0.242 e. The van der Waals surface area contributed by atoms with Gasteiger partial charge in [-0.15, -0.1) is 0 Å². The lowest BCUT2D eigenvalue weighted by Crippen LogP contribution is -2.39. The van der Waals surface area contributed by atoms with Gasteiger partial charge >= 0.3 is 0 Å². The number of H-pyrrole nitrogens is 1. The summed E-state index contributed by atoms with van der Waals surface area (Å²) in [5.41, 5.74) is 3.49. The monoisotopic (exact) mass is 454 g/mol.